The summed E-state index contributed by atoms with van der Waals surface area (Å²) in [6.07, 6.45) is 2.07. The van der Waals surface area contributed by atoms with Gasteiger partial charge in [0, 0.05) is 39.1 Å². The van der Waals surface area contributed by atoms with E-state index in [4.69, 9.17) is 0 Å². The summed E-state index contributed by atoms with van der Waals surface area (Å²) in [6, 6.07) is 0.736. The molecule has 4 heteroatoms. The summed E-state index contributed by atoms with van der Waals surface area (Å²) in [6.45, 7) is 4.45. The van der Waals surface area contributed by atoms with Gasteiger partial charge in [-0.3, -0.25) is 9.69 Å². The minimum Gasteiger partial charge on any atom is -0.349 e. The van der Waals surface area contributed by atoms with Gasteiger partial charge in [-0.2, -0.15) is 0 Å². The van der Waals surface area contributed by atoms with Gasteiger partial charge in [-0.1, -0.05) is 0 Å². The van der Waals surface area contributed by atoms with E-state index >= 15 is 0 Å². The van der Waals surface area contributed by atoms with Crippen molar-refractivity contribution in [2.24, 2.45) is 5.92 Å². The average molecular weight is 211 g/mol. The van der Waals surface area contributed by atoms with Gasteiger partial charge in [0.25, 0.3) is 0 Å². The van der Waals surface area contributed by atoms with Crippen LogP contribution < -0.4 is 5.32 Å². The van der Waals surface area contributed by atoms with Crippen molar-refractivity contribution < 1.29 is 4.79 Å². The fourth-order valence-corrected chi connectivity index (χ4v) is 2.41. The van der Waals surface area contributed by atoms with Crippen LogP contribution in [0, 0.1) is 5.92 Å². The first-order chi connectivity index (χ1) is 7.18. The Morgan fingerprint density at radius 3 is 2.27 bits per heavy atom. The predicted octanol–water partition coefficient (Wildman–Crippen LogP) is -0.242. The van der Waals surface area contributed by atoms with Gasteiger partial charge in [0.1, 0.15) is 0 Å². The maximum Gasteiger partial charge on any atom is 0.225 e. The lowest BCUT2D eigenvalue weighted by atomic mass is 9.93. The van der Waals surface area contributed by atoms with Crippen LogP contribution in [0.2, 0.25) is 0 Å². The maximum atomic E-state index is 11.8. The molecule has 0 radical (unpaired) electrons. The number of piperidine rings is 1. The van der Waals surface area contributed by atoms with E-state index in [1.807, 2.05) is 14.1 Å². The molecule has 2 saturated heterocycles. The number of rotatable bonds is 2. The summed E-state index contributed by atoms with van der Waals surface area (Å²) >= 11 is 0. The highest BCUT2D eigenvalue weighted by Crippen LogP contribution is 2.21. The average Bonchev–Trinajstić information content (AvgIpc) is 2.15. The summed E-state index contributed by atoms with van der Waals surface area (Å²) in [5.74, 6) is 0.575. The van der Waals surface area contributed by atoms with Crippen molar-refractivity contribution in [2.45, 2.75) is 18.9 Å². The monoisotopic (exact) mass is 211 g/mol. The van der Waals surface area contributed by atoms with Gasteiger partial charge in [0.05, 0.1) is 0 Å². The van der Waals surface area contributed by atoms with Crippen molar-refractivity contribution in [1.29, 1.82) is 0 Å². The van der Waals surface area contributed by atoms with E-state index in [2.05, 4.69) is 10.2 Å². The number of amides is 1. The van der Waals surface area contributed by atoms with E-state index in [9.17, 15) is 4.79 Å². The van der Waals surface area contributed by atoms with Crippen molar-refractivity contribution in [3.63, 3.8) is 0 Å². The van der Waals surface area contributed by atoms with Gasteiger partial charge >= 0.3 is 0 Å². The molecule has 2 aliphatic rings. The summed E-state index contributed by atoms with van der Waals surface area (Å²) in [5, 5.41) is 3.29. The van der Waals surface area contributed by atoms with Crippen molar-refractivity contribution in [2.75, 3.05) is 40.3 Å². The molecule has 0 saturated carbocycles. The number of nitrogens with zero attached hydrogens (tertiary/aromatic N) is 2. The normalized spacial score (nSPS) is 24.9. The van der Waals surface area contributed by atoms with E-state index in [1.54, 1.807) is 4.90 Å². The molecule has 2 rings (SSSR count). The highest BCUT2D eigenvalue weighted by Gasteiger charge is 2.31. The lowest BCUT2D eigenvalue weighted by molar-refractivity contribution is -0.134. The summed E-state index contributed by atoms with van der Waals surface area (Å²) in [7, 11) is 3.70. The molecule has 4 nitrogen and oxygen atoms in total. The quantitative estimate of drug-likeness (QED) is 0.684. The highest BCUT2D eigenvalue weighted by molar-refractivity contribution is 5.78. The Bertz CT molecular complexity index is 230. The highest BCUT2D eigenvalue weighted by atomic mass is 16.2. The zero-order valence-electron chi connectivity index (χ0n) is 9.70. The third-order valence-electron chi connectivity index (χ3n) is 3.60. The van der Waals surface area contributed by atoms with E-state index in [-0.39, 0.29) is 5.92 Å². The fourth-order valence-electron chi connectivity index (χ4n) is 2.41. The molecule has 86 valence electrons. The van der Waals surface area contributed by atoms with E-state index in [0.29, 0.717) is 5.91 Å². The molecule has 0 aromatic rings. The molecule has 15 heavy (non-hydrogen) atoms. The van der Waals surface area contributed by atoms with Gasteiger partial charge in [-0.15, -0.1) is 0 Å². The molecular weight excluding hydrogens is 190 g/mol. The van der Waals surface area contributed by atoms with Crippen LogP contribution in [0.15, 0.2) is 0 Å². The Labute approximate surface area is 91.6 Å². The molecule has 0 aliphatic carbocycles. The third-order valence-corrected chi connectivity index (χ3v) is 3.60. The van der Waals surface area contributed by atoms with Crippen molar-refractivity contribution in [1.82, 2.24) is 15.1 Å². The third kappa shape index (κ3) is 2.32. The van der Waals surface area contributed by atoms with Crippen LogP contribution in [0.5, 0.6) is 0 Å². The minimum atomic E-state index is 0.268. The molecule has 0 bridgehead atoms. The van der Waals surface area contributed by atoms with E-state index < -0.39 is 0 Å². The van der Waals surface area contributed by atoms with Gasteiger partial charge in [0.15, 0.2) is 0 Å². The summed E-state index contributed by atoms with van der Waals surface area (Å²) in [5.41, 5.74) is 0. The molecule has 2 fully saturated rings. The first-order valence-corrected chi connectivity index (χ1v) is 5.84. The topological polar surface area (TPSA) is 35.6 Å². The number of hydrogen-bond acceptors (Lipinski definition) is 3. The minimum absolute atomic E-state index is 0.268. The molecule has 0 atom stereocenters. The maximum absolute atomic E-state index is 11.8. The number of nitrogens with one attached hydrogen (secondary N) is 1. The Kier molecular flexibility index (Phi) is 3.26. The van der Waals surface area contributed by atoms with Gasteiger partial charge < -0.3 is 10.2 Å². The van der Waals surface area contributed by atoms with Crippen LogP contribution in [0.25, 0.3) is 0 Å². The molecule has 1 amide bonds. The smallest absolute Gasteiger partial charge is 0.225 e. The Morgan fingerprint density at radius 2 is 1.87 bits per heavy atom. The van der Waals surface area contributed by atoms with Crippen LogP contribution >= 0.6 is 0 Å². The Morgan fingerprint density at radius 1 is 1.27 bits per heavy atom. The second-order valence-electron chi connectivity index (χ2n) is 4.85. The SMILES string of the molecule is CN(C)C(=O)C1CCN(C2CNC2)CC1. The zero-order valence-corrected chi connectivity index (χ0v) is 9.70. The number of likely N-dealkylation sites (tertiary alicyclic amines) is 1. The standard InChI is InChI=1S/C11H21N3O/c1-13(2)11(15)9-3-5-14(6-4-9)10-7-12-8-10/h9-10,12H,3-8H2,1-2H3. The second-order valence-corrected chi connectivity index (χ2v) is 4.85. The molecule has 1 N–H and O–H groups in total. The number of hydrogen-bond donors (Lipinski definition) is 1. The van der Waals surface area contributed by atoms with Crippen molar-refractivity contribution in [3.8, 4) is 0 Å². The molecule has 2 aliphatic heterocycles. The van der Waals surface area contributed by atoms with Crippen molar-refractivity contribution >= 4 is 5.91 Å². The summed E-state index contributed by atoms with van der Waals surface area (Å²) in [4.78, 5) is 16.0. The largest absolute Gasteiger partial charge is 0.349 e. The molecule has 0 aromatic heterocycles. The molecule has 0 aromatic carbocycles. The molecule has 0 spiro atoms. The second kappa shape index (κ2) is 4.49. The molecule has 0 unspecified atom stereocenters. The summed E-state index contributed by atoms with van der Waals surface area (Å²) < 4.78 is 0. The van der Waals surface area contributed by atoms with Crippen LogP contribution in [0.1, 0.15) is 12.8 Å². The number of carbonyl (C=O) groups excluding carboxylic acids is 1. The van der Waals surface area contributed by atoms with E-state index in [1.165, 1.54) is 0 Å². The van der Waals surface area contributed by atoms with Crippen LogP contribution in [0.3, 0.4) is 0 Å². The first kappa shape index (κ1) is 10.9. The lowest BCUT2D eigenvalue weighted by Crippen LogP contribution is -2.59. The Hall–Kier alpha value is -0.610. The van der Waals surface area contributed by atoms with Crippen LogP contribution in [-0.2, 0) is 4.79 Å². The predicted molar refractivity (Wildman–Crippen MR) is 59.6 cm³/mol. The zero-order chi connectivity index (χ0) is 10.8. The number of carbonyl (C=O) groups is 1. The van der Waals surface area contributed by atoms with Crippen molar-refractivity contribution in [3.05, 3.63) is 0 Å². The van der Waals surface area contributed by atoms with E-state index in [0.717, 1.165) is 45.1 Å². The first-order valence-electron chi connectivity index (χ1n) is 5.84. The lowest BCUT2D eigenvalue weighted by Gasteiger charge is -2.42. The molecular formula is C11H21N3O. The fraction of sp³-hybridized carbons (Fsp3) is 0.909. The van der Waals surface area contributed by atoms with Crippen LogP contribution in [0.4, 0.5) is 0 Å². The Balaban J connectivity index is 1.78. The molecule has 2 heterocycles. The van der Waals surface area contributed by atoms with Gasteiger partial charge in [-0.05, 0) is 25.9 Å². The van der Waals surface area contributed by atoms with Gasteiger partial charge in [0.2, 0.25) is 5.91 Å². The van der Waals surface area contributed by atoms with Gasteiger partial charge in [-0.25, -0.2) is 0 Å². The van der Waals surface area contributed by atoms with Crippen LogP contribution in [-0.4, -0.2) is 62.0 Å².